The van der Waals surface area contributed by atoms with Crippen LogP contribution in [0, 0.1) is 5.82 Å². The number of rotatable bonds is 4. The van der Waals surface area contributed by atoms with Crippen molar-refractivity contribution in [1.82, 2.24) is 5.32 Å². The fourth-order valence-corrected chi connectivity index (χ4v) is 3.39. The third-order valence-corrected chi connectivity index (χ3v) is 4.57. The van der Waals surface area contributed by atoms with Gasteiger partial charge in [-0.3, -0.25) is 0 Å². The monoisotopic (exact) mass is 389 g/mol. The molecule has 0 spiro atoms. The lowest BCUT2D eigenvalue weighted by molar-refractivity contribution is 0.492. The van der Waals surface area contributed by atoms with Gasteiger partial charge < -0.3 is 5.32 Å². The molecular weight excluding hydrogens is 376 g/mol. The summed E-state index contributed by atoms with van der Waals surface area (Å²) in [5.74, 6) is -0.458. The minimum atomic E-state index is -0.458. The molecule has 0 saturated carbocycles. The van der Waals surface area contributed by atoms with Gasteiger partial charge in [0.1, 0.15) is 5.82 Å². The Labute approximate surface area is 142 Å². The highest BCUT2D eigenvalue weighted by molar-refractivity contribution is 9.10. The maximum absolute atomic E-state index is 13.6. The Balaban J connectivity index is 2.22. The maximum Gasteiger partial charge on any atom is 0.142 e. The van der Waals surface area contributed by atoms with Gasteiger partial charge in [-0.05, 0) is 43.7 Å². The molecule has 0 aromatic heterocycles. The predicted molar refractivity (Wildman–Crippen MR) is 90.5 cm³/mol. The van der Waals surface area contributed by atoms with Gasteiger partial charge in [0.25, 0.3) is 0 Å². The number of benzene rings is 2. The van der Waals surface area contributed by atoms with Crippen LogP contribution < -0.4 is 5.32 Å². The van der Waals surface area contributed by atoms with Crippen LogP contribution in [0.4, 0.5) is 4.39 Å². The van der Waals surface area contributed by atoms with Crippen molar-refractivity contribution < 1.29 is 4.39 Å². The van der Waals surface area contributed by atoms with Crippen molar-refractivity contribution in [1.29, 1.82) is 0 Å². The molecule has 0 saturated heterocycles. The van der Waals surface area contributed by atoms with Gasteiger partial charge in [-0.2, -0.15) is 0 Å². The molecule has 2 rings (SSSR count). The van der Waals surface area contributed by atoms with Gasteiger partial charge in [-0.1, -0.05) is 51.3 Å². The molecule has 2 atom stereocenters. The SMILES string of the molecule is CC(N[C@@H](C)c1cccc(Br)c1)c1c(Cl)ccc(F)c1Cl. The van der Waals surface area contributed by atoms with Crippen LogP contribution in [0.1, 0.15) is 37.1 Å². The summed E-state index contributed by atoms with van der Waals surface area (Å²) in [5, 5.41) is 3.93. The lowest BCUT2D eigenvalue weighted by Crippen LogP contribution is -2.23. The zero-order chi connectivity index (χ0) is 15.6. The molecular formula is C16H15BrCl2FN. The van der Waals surface area contributed by atoms with Crippen molar-refractivity contribution >= 4 is 39.1 Å². The van der Waals surface area contributed by atoms with Crippen LogP contribution >= 0.6 is 39.1 Å². The Morgan fingerprint density at radius 2 is 1.81 bits per heavy atom. The standard InChI is InChI=1S/C16H15BrCl2FN/c1-9(11-4-3-5-12(17)8-11)21-10(2)15-13(18)6-7-14(20)16(15)19/h3-10,21H,1-2H3/t9-,10?/m0/s1. The van der Waals surface area contributed by atoms with Crippen LogP contribution in [0.3, 0.4) is 0 Å². The van der Waals surface area contributed by atoms with E-state index in [1.807, 2.05) is 38.1 Å². The van der Waals surface area contributed by atoms with E-state index in [-0.39, 0.29) is 17.1 Å². The second kappa shape index (κ2) is 7.10. The summed E-state index contributed by atoms with van der Waals surface area (Å²) in [6, 6.07) is 10.7. The molecule has 1 N–H and O–H groups in total. The van der Waals surface area contributed by atoms with Crippen LogP contribution in [0.15, 0.2) is 40.9 Å². The van der Waals surface area contributed by atoms with E-state index >= 15 is 0 Å². The van der Waals surface area contributed by atoms with Crippen molar-refractivity contribution in [3.05, 3.63) is 67.9 Å². The van der Waals surface area contributed by atoms with E-state index in [0.717, 1.165) is 10.0 Å². The van der Waals surface area contributed by atoms with E-state index in [1.165, 1.54) is 12.1 Å². The lowest BCUT2D eigenvalue weighted by Gasteiger charge is -2.22. The number of hydrogen-bond donors (Lipinski definition) is 1. The van der Waals surface area contributed by atoms with E-state index in [0.29, 0.717) is 10.6 Å². The van der Waals surface area contributed by atoms with E-state index < -0.39 is 5.82 Å². The number of nitrogens with one attached hydrogen (secondary N) is 1. The quantitative estimate of drug-likeness (QED) is 0.603. The van der Waals surface area contributed by atoms with Crippen LogP contribution in [-0.2, 0) is 0 Å². The van der Waals surface area contributed by atoms with Gasteiger partial charge in [0.05, 0.1) is 5.02 Å². The van der Waals surface area contributed by atoms with Crippen LogP contribution in [0.2, 0.25) is 10.0 Å². The fraction of sp³-hybridized carbons (Fsp3) is 0.250. The highest BCUT2D eigenvalue weighted by atomic mass is 79.9. The van der Waals surface area contributed by atoms with E-state index in [2.05, 4.69) is 21.2 Å². The molecule has 5 heteroatoms. The van der Waals surface area contributed by atoms with Crippen molar-refractivity contribution in [3.63, 3.8) is 0 Å². The average molecular weight is 391 g/mol. The summed E-state index contributed by atoms with van der Waals surface area (Å²) in [7, 11) is 0. The second-order valence-electron chi connectivity index (χ2n) is 4.92. The molecule has 0 radical (unpaired) electrons. The lowest BCUT2D eigenvalue weighted by atomic mass is 10.0. The molecule has 0 aliphatic heterocycles. The summed E-state index contributed by atoms with van der Waals surface area (Å²) < 4.78 is 14.6. The summed E-state index contributed by atoms with van der Waals surface area (Å²) in [6.07, 6.45) is 0. The van der Waals surface area contributed by atoms with Crippen LogP contribution in [0.25, 0.3) is 0 Å². The fourth-order valence-electron chi connectivity index (χ4n) is 2.27. The second-order valence-corrected chi connectivity index (χ2v) is 6.62. The highest BCUT2D eigenvalue weighted by Gasteiger charge is 2.19. The predicted octanol–water partition coefficient (Wildman–Crippen LogP) is 6.31. The average Bonchev–Trinajstić information content (AvgIpc) is 2.43. The van der Waals surface area contributed by atoms with Crippen molar-refractivity contribution in [3.8, 4) is 0 Å². The number of hydrogen-bond acceptors (Lipinski definition) is 1. The first-order valence-electron chi connectivity index (χ1n) is 6.55. The summed E-state index contributed by atoms with van der Waals surface area (Å²) in [6.45, 7) is 3.96. The zero-order valence-electron chi connectivity index (χ0n) is 11.6. The minimum absolute atomic E-state index is 0.0731. The smallest absolute Gasteiger partial charge is 0.142 e. The highest BCUT2D eigenvalue weighted by Crippen LogP contribution is 2.33. The van der Waals surface area contributed by atoms with Crippen LogP contribution in [-0.4, -0.2) is 0 Å². The Morgan fingerprint density at radius 3 is 2.48 bits per heavy atom. The third kappa shape index (κ3) is 3.98. The van der Waals surface area contributed by atoms with Crippen LogP contribution in [0.5, 0.6) is 0 Å². The Bertz CT molecular complexity index is 648. The van der Waals surface area contributed by atoms with Crippen molar-refractivity contribution in [2.24, 2.45) is 0 Å². The first kappa shape index (κ1) is 16.8. The van der Waals surface area contributed by atoms with Crippen molar-refractivity contribution in [2.75, 3.05) is 0 Å². The van der Waals surface area contributed by atoms with Gasteiger partial charge >= 0.3 is 0 Å². The van der Waals surface area contributed by atoms with Gasteiger partial charge in [0, 0.05) is 27.1 Å². The molecule has 112 valence electrons. The molecule has 21 heavy (non-hydrogen) atoms. The third-order valence-electron chi connectivity index (χ3n) is 3.36. The molecule has 2 aromatic carbocycles. The van der Waals surface area contributed by atoms with Gasteiger partial charge in [0.2, 0.25) is 0 Å². The molecule has 0 bridgehead atoms. The molecule has 0 heterocycles. The van der Waals surface area contributed by atoms with Crippen molar-refractivity contribution in [2.45, 2.75) is 25.9 Å². The Kier molecular flexibility index (Phi) is 5.67. The molecule has 1 unspecified atom stereocenters. The topological polar surface area (TPSA) is 12.0 Å². The van der Waals surface area contributed by atoms with E-state index in [9.17, 15) is 4.39 Å². The van der Waals surface area contributed by atoms with E-state index in [4.69, 9.17) is 23.2 Å². The van der Waals surface area contributed by atoms with Gasteiger partial charge in [-0.25, -0.2) is 4.39 Å². The normalized spacial score (nSPS) is 14.0. The largest absolute Gasteiger partial charge is 0.304 e. The van der Waals surface area contributed by atoms with Gasteiger partial charge in [0.15, 0.2) is 0 Å². The first-order valence-corrected chi connectivity index (χ1v) is 8.10. The number of halogens is 4. The van der Waals surface area contributed by atoms with Gasteiger partial charge in [-0.15, -0.1) is 0 Å². The summed E-state index contributed by atoms with van der Waals surface area (Å²) in [5.41, 5.74) is 1.71. The molecule has 0 aliphatic rings. The molecule has 0 aliphatic carbocycles. The summed E-state index contributed by atoms with van der Waals surface area (Å²) in [4.78, 5) is 0. The molecule has 1 nitrogen and oxygen atoms in total. The zero-order valence-corrected chi connectivity index (χ0v) is 14.7. The first-order chi connectivity index (χ1) is 9.90. The van der Waals surface area contributed by atoms with E-state index in [1.54, 1.807) is 0 Å². The molecule has 0 fully saturated rings. The minimum Gasteiger partial charge on any atom is -0.304 e. The molecule has 0 amide bonds. The molecule has 2 aromatic rings. The summed E-state index contributed by atoms with van der Waals surface area (Å²) >= 11 is 15.6. The maximum atomic E-state index is 13.6. The Hall–Kier alpha value is -0.610. The Morgan fingerprint density at radius 1 is 1.10 bits per heavy atom.